The van der Waals surface area contributed by atoms with Gasteiger partial charge in [0.15, 0.2) is 5.65 Å². The second kappa shape index (κ2) is 3.51. The molecule has 0 amide bonds. The van der Waals surface area contributed by atoms with Crippen molar-refractivity contribution < 1.29 is 4.84 Å². The first kappa shape index (κ1) is 8.15. The quantitative estimate of drug-likeness (QED) is 0.690. The minimum atomic E-state index is 0.592. The standard InChI is InChI=1S/C8H10N4O/c1-13-11-6-7-5-9-8-3-2-4-10-12(7)8/h2-5,11H,6H2,1H3. The first-order chi connectivity index (χ1) is 6.42. The van der Waals surface area contributed by atoms with Crippen molar-refractivity contribution in [2.75, 3.05) is 7.11 Å². The molecule has 0 fully saturated rings. The Balaban J connectivity index is 2.35. The maximum absolute atomic E-state index is 4.75. The van der Waals surface area contributed by atoms with E-state index in [1.807, 2.05) is 12.1 Å². The zero-order valence-electron chi connectivity index (χ0n) is 7.27. The molecule has 0 aliphatic rings. The summed E-state index contributed by atoms with van der Waals surface area (Å²) in [5.74, 6) is 0. The third-order valence-corrected chi connectivity index (χ3v) is 1.75. The molecule has 2 rings (SSSR count). The highest BCUT2D eigenvalue weighted by molar-refractivity contribution is 5.37. The molecule has 13 heavy (non-hydrogen) atoms. The molecule has 0 unspecified atom stereocenters. The van der Waals surface area contributed by atoms with E-state index in [1.54, 1.807) is 24.0 Å². The van der Waals surface area contributed by atoms with Crippen LogP contribution in [0.4, 0.5) is 0 Å². The smallest absolute Gasteiger partial charge is 0.153 e. The van der Waals surface area contributed by atoms with Crippen LogP contribution >= 0.6 is 0 Å². The fourth-order valence-corrected chi connectivity index (χ4v) is 1.14. The summed E-state index contributed by atoms with van der Waals surface area (Å²) in [7, 11) is 1.58. The van der Waals surface area contributed by atoms with Crippen LogP contribution < -0.4 is 5.48 Å². The van der Waals surface area contributed by atoms with Crippen LogP contribution in [0.5, 0.6) is 0 Å². The molecule has 0 aliphatic carbocycles. The number of hydrogen-bond acceptors (Lipinski definition) is 4. The molecule has 2 aromatic heterocycles. The molecule has 0 saturated heterocycles. The van der Waals surface area contributed by atoms with Crippen LogP contribution in [0.25, 0.3) is 5.65 Å². The van der Waals surface area contributed by atoms with E-state index in [0.717, 1.165) is 11.3 Å². The van der Waals surface area contributed by atoms with Gasteiger partial charge < -0.3 is 4.84 Å². The Morgan fingerprint density at radius 3 is 3.38 bits per heavy atom. The summed E-state index contributed by atoms with van der Waals surface area (Å²) in [5.41, 5.74) is 4.55. The first-order valence-electron chi connectivity index (χ1n) is 3.95. The third kappa shape index (κ3) is 1.51. The predicted molar refractivity (Wildman–Crippen MR) is 46.8 cm³/mol. The molecule has 5 heteroatoms. The highest BCUT2D eigenvalue weighted by atomic mass is 16.6. The fourth-order valence-electron chi connectivity index (χ4n) is 1.14. The Labute approximate surface area is 75.3 Å². The number of fused-ring (bicyclic) bond motifs is 1. The van der Waals surface area contributed by atoms with E-state index in [4.69, 9.17) is 4.84 Å². The number of imidazole rings is 1. The van der Waals surface area contributed by atoms with Gasteiger partial charge >= 0.3 is 0 Å². The Kier molecular flexibility index (Phi) is 2.20. The van der Waals surface area contributed by atoms with E-state index in [-0.39, 0.29) is 0 Å². The summed E-state index contributed by atoms with van der Waals surface area (Å²) in [4.78, 5) is 8.92. The van der Waals surface area contributed by atoms with Crippen LogP contribution in [0.15, 0.2) is 24.5 Å². The molecular formula is C8H10N4O. The zero-order chi connectivity index (χ0) is 9.10. The average Bonchev–Trinajstić information content (AvgIpc) is 2.58. The summed E-state index contributed by atoms with van der Waals surface area (Å²) in [6.45, 7) is 0.592. The van der Waals surface area contributed by atoms with Gasteiger partial charge in [-0.25, -0.2) is 9.50 Å². The molecular weight excluding hydrogens is 168 g/mol. The average molecular weight is 178 g/mol. The minimum absolute atomic E-state index is 0.592. The van der Waals surface area contributed by atoms with E-state index >= 15 is 0 Å². The Morgan fingerprint density at radius 2 is 2.54 bits per heavy atom. The molecule has 0 spiro atoms. The SMILES string of the molecule is CONCc1cnc2cccnn12. The van der Waals surface area contributed by atoms with Gasteiger partial charge in [0.05, 0.1) is 25.5 Å². The summed E-state index contributed by atoms with van der Waals surface area (Å²) < 4.78 is 1.77. The van der Waals surface area contributed by atoms with E-state index in [2.05, 4.69) is 15.6 Å². The molecule has 0 atom stereocenters. The van der Waals surface area contributed by atoms with Crippen LogP contribution in [0, 0.1) is 0 Å². The molecule has 5 nitrogen and oxygen atoms in total. The maximum Gasteiger partial charge on any atom is 0.153 e. The number of nitrogens with one attached hydrogen (secondary N) is 1. The van der Waals surface area contributed by atoms with Crippen molar-refractivity contribution in [2.24, 2.45) is 0 Å². The van der Waals surface area contributed by atoms with Crippen molar-refractivity contribution in [1.29, 1.82) is 0 Å². The molecule has 0 aromatic carbocycles. The van der Waals surface area contributed by atoms with Crippen molar-refractivity contribution >= 4 is 5.65 Å². The normalized spacial score (nSPS) is 10.8. The molecule has 0 saturated carbocycles. The van der Waals surface area contributed by atoms with Gasteiger partial charge in [-0.3, -0.25) is 0 Å². The zero-order valence-corrected chi connectivity index (χ0v) is 7.27. The molecule has 1 N–H and O–H groups in total. The lowest BCUT2D eigenvalue weighted by Crippen LogP contribution is -2.12. The van der Waals surface area contributed by atoms with Crippen molar-refractivity contribution in [3.8, 4) is 0 Å². The third-order valence-electron chi connectivity index (χ3n) is 1.75. The van der Waals surface area contributed by atoms with Gasteiger partial charge in [0.25, 0.3) is 0 Å². The lowest BCUT2D eigenvalue weighted by atomic mass is 10.5. The Bertz CT molecular complexity index is 398. The predicted octanol–water partition coefficient (Wildman–Crippen LogP) is 0.380. The number of hydrogen-bond donors (Lipinski definition) is 1. The van der Waals surface area contributed by atoms with Crippen LogP contribution in [-0.2, 0) is 11.4 Å². The highest BCUT2D eigenvalue weighted by Gasteiger charge is 2.01. The van der Waals surface area contributed by atoms with Gasteiger partial charge in [-0.15, -0.1) is 0 Å². The fraction of sp³-hybridized carbons (Fsp3) is 0.250. The van der Waals surface area contributed by atoms with Gasteiger partial charge in [-0.2, -0.15) is 10.6 Å². The summed E-state index contributed by atoms with van der Waals surface area (Å²) in [6.07, 6.45) is 3.50. The van der Waals surface area contributed by atoms with E-state index in [1.165, 1.54) is 0 Å². The van der Waals surface area contributed by atoms with Gasteiger partial charge in [-0.1, -0.05) is 0 Å². The minimum Gasteiger partial charge on any atom is -0.305 e. The second-order valence-corrected chi connectivity index (χ2v) is 2.57. The molecule has 0 bridgehead atoms. The largest absolute Gasteiger partial charge is 0.305 e. The van der Waals surface area contributed by atoms with Crippen molar-refractivity contribution in [1.82, 2.24) is 20.1 Å². The molecule has 2 aromatic rings. The number of rotatable bonds is 3. The van der Waals surface area contributed by atoms with Gasteiger partial charge in [0, 0.05) is 6.20 Å². The van der Waals surface area contributed by atoms with Crippen molar-refractivity contribution in [3.05, 3.63) is 30.2 Å². The topological polar surface area (TPSA) is 51.5 Å². The molecule has 0 radical (unpaired) electrons. The van der Waals surface area contributed by atoms with Crippen LogP contribution in [-0.4, -0.2) is 21.7 Å². The van der Waals surface area contributed by atoms with Crippen LogP contribution in [0.3, 0.4) is 0 Å². The summed E-state index contributed by atoms with van der Waals surface area (Å²) >= 11 is 0. The van der Waals surface area contributed by atoms with Crippen LogP contribution in [0.1, 0.15) is 5.69 Å². The Morgan fingerprint density at radius 1 is 1.62 bits per heavy atom. The number of nitrogens with zero attached hydrogens (tertiary/aromatic N) is 3. The summed E-state index contributed by atoms with van der Waals surface area (Å²) in [6, 6.07) is 3.76. The van der Waals surface area contributed by atoms with Crippen molar-refractivity contribution in [2.45, 2.75) is 6.54 Å². The van der Waals surface area contributed by atoms with E-state index in [0.29, 0.717) is 6.54 Å². The monoisotopic (exact) mass is 178 g/mol. The number of hydroxylamine groups is 1. The van der Waals surface area contributed by atoms with Gasteiger partial charge in [0.2, 0.25) is 0 Å². The second-order valence-electron chi connectivity index (χ2n) is 2.57. The van der Waals surface area contributed by atoms with E-state index < -0.39 is 0 Å². The lowest BCUT2D eigenvalue weighted by molar-refractivity contribution is 0.0854. The molecule has 0 aliphatic heterocycles. The van der Waals surface area contributed by atoms with Crippen LogP contribution in [0.2, 0.25) is 0 Å². The van der Waals surface area contributed by atoms with E-state index in [9.17, 15) is 0 Å². The first-order valence-corrected chi connectivity index (χ1v) is 3.95. The molecule has 68 valence electrons. The van der Waals surface area contributed by atoms with Crippen molar-refractivity contribution in [3.63, 3.8) is 0 Å². The Hall–Kier alpha value is -1.46. The van der Waals surface area contributed by atoms with Gasteiger partial charge in [0.1, 0.15) is 0 Å². The number of aromatic nitrogens is 3. The molecule has 2 heterocycles. The highest BCUT2D eigenvalue weighted by Crippen LogP contribution is 2.02. The lowest BCUT2D eigenvalue weighted by Gasteiger charge is -1.99. The van der Waals surface area contributed by atoms with Gasteiger partial charge in [-0.05, 0) is 12.1 Å². The summed E-state index contributed by atoms with van der Waals surface area (Å²) in [5, 5.41) is 4.15. The maximum atomic E-state index is 4.75.